The molecule has 2 rings (SSSR count). The first-order chi connectivity index (χ1) is 12.1. The number of ether oxygens (including phenoxy) is 3. The highest BCUT2D eigenvalue weighted by atomic mass is 127. The molecule has 0 fully saturated rings. The lowest BCUT2D eigenvalue weighted by Crippen LogP contribution is -2.08. The summed E-state index contributed by atoms with van der Waals surface area (Å²) in [5.74, 6) is 0.886. The van der Waals surface area contributed by atoms with E-state index in [-0.39, 0.29) is 5.97 Å². The molecule has 0 saturated heterocycles. The van der Waals surface area contributed by atoms with E-state index in [1.54, 1.807) is 19.1 Å². The van der Waals surface area contributed by atoms with E-state index >= 15 is 0 Å². The second-order valence-corrected chi connectivity index (χ2v) is 6.60. The van der Waals surface area contributed by atoms with Gasteiger partial charge in [-0.05, 0) is 72.7 Å². The molecule has 4 nitrogen and oxygen atoms in total. The number of benzene rings is 2. The first-order valence-corrected chi connectivity index (χ1v) is 9.55. The molecule has 25 heavy (non-hydrogen) atoms. The summed E-state index contributed by atoms with van der Waals surface area (Å²) in [6.07, 6.45) is 0.875. The monoisotopic (exact) mass is 454 g/mol. The molecule has 0 radical (unpaired) electrons. The smallest absolute Gasteiger partial charge is 0.338 e. The Morgan fingerprint density at radius 1 is 0.960 bits per heavy atom. The predicted octanol–water partition coefficient (Wildman–Crippen LogP) is 5.32. The van der Waals surface area contributed by atoms with Gasteiger partial charge in [0.05, 0.1) is 30.9 Å². The zero-order valence-corrected chi connectivity index (χ0v) is 17.0. The Labute approximate surface area is 162 Å². The van der Waals surface area contributed by atoms with Gasteiger partial charge in [-0.2, -0.15) is 0 Å². The van der Waals surface area contributed by atoms with Gasteiger partial charge in [-0.1, -0.05) is 19.1 Å². The SMILES string of the molecule is CCCOc1cc(C(=O)OCC)cc(OCC)c1-c1ccc(I)cc1. The van der Waals surface area contributed by atoms with Crippen LogP contribution in [0.1, 0.15) is 37.6 Å². The Kier molecular flexibility index (Phi) is 7.55. The fourth-order valence-corrected chi connectivity index (χ4v) is 2.78. The van der Waals surface area contributed by atoms with Gasteiger partial charge in [0.15, 0.2) is 0 Å². The number of carbonyl (C=O) groups is 1. The van der Waals surface area contributed by atoms with Crippen LogP contribution in [0.3, 0.4) is 0 Å². The quantitative estimate of drug-likeness (QED) is 0.400. The summed E-state index contributed by atoms with van der Waals surface area (Å²) < 4.78 is 18.0. The highest BCUT2D eigenvalue weighted by Crippen LogP contribution is 2.40. The molecule has 5 heteroatoms. The van der Waals surface area contributed by atoms with Crippen LogP contribution in [0.25, 0.3) is 11.1 Å². The van der Waals surface area contributed by atoms with E-state index in [0.717, 1.165) is 21.1 Å². The molecule has 2 aromatic carbocycles. The van der Waals surface area contributed by atoms with E-state index < -0.39 is 0 Å². The van der Waals surface area contributed by atoms with Crippen LogP contribution in [-0.4, -0.2) is 25.8 Å². The van der Waals surface area contributed by atoms with E-state index in [0.29, 0.717) is 36.9 Å². The molecule has 0 amide bonds. The molecular formula is C20H23IO4. The summed E-state index contributed by atoms with van der Waals surface area (Å²) >= 11 is 2.27. The highest BCUT2D eigenvalue weighted by Gasteiger charge is 2.19. The standard InChI is InChI=1S/C20H23IO4/c1-4-11-25-18-13-15(20(22)24-6-3)12-17(23-5-2)19(18)14-7-9-16(21)10-8-14/h7-10,12-13H,4-6,11H2,1-3H3. The van der Waals surface area contributed by atoms with Crippen LogP contribution in [0.5, 0.6) is 11.5 Å². The van der Waals surface area contributed by atoms with E-state index in [2.05, 4.69) is 22.6 Å². The van der Waals surface area contributed by atoms with Crippen molar-refractivity contribution >= 4 is 28.6 Å². The largest absolute Gasteiger partial charge is 0.493 e. The fourth-order valence-electron chi connectivity index (χ4n) is 2.42. The Hall–Kier alpha value is -1.76. The molecule has 2 aromatic rings. The Morgan fingerprint density at radius 3 is 2.16 bits per heavy atom. The Morgan fingerprint density at radius 2 is 1.60 bits per heavy atom. The van der Waals surface area contributed by atoms with E-state index in [4.69, 9.17) is 14.2 Å². The molecule has 0 aliphatic carbocycles. The van der Waals surface area contributed by atoms with E-state index in [9.17, 15) is 4.79 Å². The first-order valence-electron chi connectivity index (χ1n) is 8.47. The van der Waals surface area contributed by atoms with Crippen LogP contribution in [0.4, 0.5) is 0 Å². The van der Waals surface area contributed by atoms with Crippen molar-refractivity contribution in [3.8, 4) is 22.6 Å². The molecule has 0 atom stereocenters. The number of hydrogen-bond acceptors (Lipinski definition) is 4. The maximum atomic E-state index is 12.2. The van der Waals surface area contributed by atoms with Gasteiger partial charge in [0.2, 0.25) is 0 Å². The van der Waals surface area contributed by atoms with Crippen molar-refractivity contribution < 1.29 is 19.0 Å². The van der Waals surface area contributed by atoms with Crippen LogP contribution in [-0.2, 0) is 4.74 Å². The van der Waals surface area contributed by atoms with Crippen LogP contribution in [0, 0.1) is 3.57 Å². The summed E-state index contributed by atoms with van der Waals surface area (Å²) in [6, 6.07) is 11.6. The van der Waals surface area contributed by atoms with Crippen molar-refractivity contribution in [3.05, 3.63) is 45.5 Å². The van der Waals surface area contributed by atoms with Crippen molar-refractivity contribution in [1.82, 2.24) is 0 Å². The predicted molar refractivity (Wildman–Crippen MR) is 108 cm³/mol. The number of rotatable bonds is 8. The van der Waals surface area contributed by atoms with E-state index in [1.165, 1.54) is 0 Å². The zero-order chi connectivity index (χ0) is 18.2. The van der Waals surface area contributed by atoms with Gasteiger partial charge >= 0.3 is 5.97 Å². The molecule has 0 bridgehead atoms. The first kappa shape index (κ1) is 19.6. The maximum absolute atomic E-state index is 12.2. The molecule has 134 valence electrons. The average Bonchev–Trinajstić information content (AvgIpc) is 2.61. The van der Waals surface area contributed by atoms with Crippen LogP contribution in [0.2, 0.25) is 0 Å². The minimum absolute atomic E-state index is 0.326. The maximum Gasteiger partial charge on any atom is 0.338 e. The van der Waals surface area contributed by atoms with Crippen molar-refractivity contribution in [2.75, 3.05) is 19.8 Å². The van der Waals surface area contributed by atoms with Crippen LogP contribution < -0.4 is 9.47 Å². The minimum atomic E-state index is -0.376. The molecule has 0 aliphatic rings. The molecule has 0 aliphatic heterocycles. The van der Waals surface area contributed by atoms with Crippen molar-refractivity contribution in [2.24, 2.45) is 0 Å². The lowest BCUT2D eigenvalue weighted by Gasteiger charge is -2.17. The van der Waals surface area contributed by atoms with Crippen molar-refractivity contribution in [1.29, 1.82) is 0 Å². The van der Waals surface area contributed by atoms with Gasteiger partial charge in [0.25, 0.3) is 0 Å². The van der Waals surface area contributed by atoms with Gasteiger partial charge in [-0.25, -0.2) is 4.79 Å². The molecule has 0 heterocycles. The third kappa shape index (κ3) is 5.11. The lowest BCUT2D eigenvalue weighted by molar-refractivity contribution is 0.0525. The summed E-state index contributed by atoms with van der Waals surface area (Å²) in [5, 5.41) is 0. The van der Waals surface area contributed by atoms with Crippen LogP contribution in [0.15, 0.2) is 36.4 Å². The zero-order valence-electron chi connectivity index (χ0n) is 14.8. The normalized spacial score (nSPS) is 10.4. The molecule has 0 aromatic heterocycles. The number of halogens is 1. The number of carbonyl (C=O) groups excluding carboxylic acids is 1. The lowest BCUT2D eigenvalue weighted by atomic mass is 10.0. The summed E-state index contributed by atoms with van der Waals surface area (Å²) in [4.78, 5) is 12.2. The third-order valence-corrected chi connectivity index (χ3v) is 4.19. The number of hydrogen-bond donors (Lipinski definition) is 0. The van der Waals surface area contributed by atoms with E-state index in [1.807, 2.05) is 38.1 Å². The molecule has 0 N–H and O–H groups in total. The molecule has 0 spiro atoms. The topological polar surface area (TPSA) is 44.8 Å². The highest BCUT2D eigenvalue weighted by molar-refractivity contribution is 14.1. The molecule has 0 saturated carbocycles. The average molecular weight is 454 g/mol. The second-order valence-electron chi connectivity index (χ2n) is 5.36. The number of esters is 1. The Balaban J connectivity index is 2.59. The molecule has 0 unspecified atom stereocenters. The van der Waals surface area contributed by atoms with Gasteiger partial charge in [-0.15, -0.1) is 0 Å². The molecular weight excluding hydrogens is 431 g/mol. The van der Waals surface area contributed by atoms with Gasteiger partial charge in [-0.3, -0.25) is 0 Å². The van der Waals surface area contributed by atoms with Crippen molar-refractivity contribution in [2.45, 2.75) is 27.2 Å². The van der Waals surface area contributed by atoms with Gasteiger partial charge in [0.1, 0.15) is 11.5 Å². The summed E-state index contributed by atoms with van der Waals surface area (Å²) in [7, 11) is 0. The fraction of sp³-hybridized carbons (Fsp3) is 0.350. The Bertz CT molecular complexity index is 710. The van der Waals surface area contributed by atoms with Gasteiger partial charge in [0, 0.05) is 3.57 Å². The van der Waals surface area contributed by atoms with Crippen molar-refractivity contribution in [3.63, 3.8) is 0 Å². The van der Waals surface area contributed by atoms with Crippen LogP contribution >= 0.6 is 22.6 Å². The second kappa shape index (κ2) is 9.65. The summed E-state index contributed by atoms with van der Waals surface area (Å²) in [6.45, 7) is 7.14. The third-order valence-electron chi connectivity index (χ3n) is 3.47. The van der Waals surface area contributed by atoms with Gasteiger partial charge < -0.3 is 14.2 Å². The summed E-state index contributed by atoms with van der Waals surface area (Å²) in [5.41, 5.74) is 2.29. The minimum Gasteiger partial charge on any atom is -0.493 e.